The summed E-state index contributed by atoms with van der Waals surface area (Å²) in [6.45, 7) is 1.63. The number of piperidine rings is 1. The highest BCUT2D eigenvalue weighted by molar-refractivity contribution is 5.84. The molecule has 1 fully saturated rings. The zero-order valence-corrected chi connectivity index (χ0v) is 12.9. The molecule has 0 amide bonds. The van der Waals surface area contributed by atoms with Crippen LogP contribution in [-0.4, -0.2) is 30.3 Å². The number of hydrogen-bond acceptors (Lipinski definition) is 3. The Bertz CT molecular complexity index is 597. The maximum Gasteiger partial charge on any atom is 0.345 e. The van der Waals surface area contributed by atoms with E-state index in [0.717, 1.165) is 19.4 Å². The van der Waals surface area contributed by atoms with Crippen molar-refractivity contribution in [2.24, 2.45) is 0 Å². The summed E-state index contributed by atoms with van der Waals surface area (Å²) in [5.41, 5.74) is -0.194. The van der Waals surface area contributed by atoms with Gasteiger partial charge in [0, 0.05) is 6.54 Å². The van der Waals surface area contributed by atoms with Crippen LogP contribution in [0.15, 0.2) is 60.7 Å². The summed E-state index contributed by atoms with van der Waals surface area (Å²) >= 11 is 0. The maximum absolute atomic E-state index is 12.4. The molecule has 3 rings (SSSR count). The van der Waals surface area contributed by atoms with E-state index in [4.69, 9.17) is 4.74 Å². The first kappa shape index (κ1) is 15.7. The lowest BCUT2D eigenvalue weighted by Gasteiger charge is -2.36. The third-order valence-electron chi connectivity index (χ3n) is 4.26. The SMILES string of the molecule is O=C(O)C(OC1CCCNC1)(c1ccccc1)c1ccccc1. The van der Waals surface area contributed by atoms with Crippen LogP contribution in [0.25, 0.3) is 0 Å². The van der Waals surface area contributed by atoms with E-state index in [1.54, 1.807) is 0 Å². The van der Waals surface area contributed by atoms with Gasteiger partial charge in [-0.25, -0.2) is 4.79 Å². The van der Waals surface area contributed by atoms with Gasteiger partial charge in [-0.1, -0.05) is 60.7 Å². The van der Waals surface area contributed by atoms with Crippen molar-refractivity contribution in [1.29, 1.82) is 0 Å². The molecule has 2 N–H and O–H groups in total. The maximum atomic E-state index is 12.4. The van der Waals surface area contributed by atoms with Crippen LogP contribution >= 0.6 is 0 Å². The van der Waals surface area contributed by atoms with Crippen molar-refractivity contribution >= 4 is 5.97 Å². The Labute approximate surface area is 136 Å². The van der Waals surface area contributed by atoms with Crippen molar-refractivity contribution in [2.75, 3.05) is 13.1 Å². The van der Waals surface area contributed by atoms with Gasteiger partial charge in [-0.2, -0.15) is 0 Å². The summed E-state index contributed by atoms with van der Waals surface area (Å²) in [7, 11) is 0. The zero-order valence-electron chi connectivity index (χ0n) is 12.9. The fraction of sp³-hybridized carbons (Fsp3) is 0.316. The minimum Gasteiger partial charge on any atom is -0.479 e. The Kier molecular flexibility index (Phi) is 4.74. The van der Waals surface area contributed by atoms with Gasteiger partial charge in [0.15, 0.2) is 0 Å². The average molecular weight is 311 g/mol. The van der Waals surface area contributed by atoms with Crippen LogP contribution in [0.5, 0.6) is 0 Å². The monoisotopic (exact) mass is 311 g/mol. The van der Waals surface area contributed by atoms with Crippen LogP contribution in [-0.2, 0) is 15.1 Å². The topological polar surface area (TPSA) is 58.6 Å². The van der Waals surface area contributed by atoms with Gasteiger partial charge >= 0.3 is 5.97 Å². The summed E-state index contributed by atoms with van der Waals surface area (Å²) in [5, 5.41) is 13.4. The third kappa shape index (κ3) is 3.14. The molecule has 0 aromatic heterocycles. The standard InChI is InChI=1S/C19H21NO3/c21-18(22)19(15-8-3-1-4-9-15,16-10-5-2-6-11-16)23-17-12-7-13-20-14-17/h1-6,8-11,17,20H,7,12-14H2,(H,21,22). The molecule has 0 aliphatic carbocycles. The van der Waals surface area contributed by atoms with E-state index in [1.165, 1.54) is 0 Å². The Morgan fingerprint density at radius 3 is 2.04 bits per heavy atom. The van der Waals surface area contributed by atoms with Crippen LogP contribution in [0, 0.1) is 0 Å². The lowest BCUT2D eigenvalue weighted by molar-refractivity contribution is -0.169. The zero-order chi connectivity index (χ0) is 16.1. The number of hydrogen-bond donors (Lipinski definition) is 2. The van der Waals surface area contributed by atoms with E-state index in [1.807, 2.05) is 60.7 Å². The highest BCUT2D eigenvalue weighted by Gasteiger charge is 2.45. The van der Waals surface area contributed by atoms with Gasteiger partial charge in [0.25, 0.3) is 0 Å². The molecule has 1 aliphatic heterocycles. The van der Waals surface area contributed by atoms with E-state index in [9.17, 15) is 9.90 Å². The smallest absolute Gasteiger partial charge is 0.345 e. The molecule has 23 heavy (non-hydrogen) atoms. The van der Waals surface area contributed by atoms with E-state index in [0.29, 0.717) is 17.7 Å². The molecular weight excluding hydrogens is 290 g/mol. The van der Waals surface area contributed by atoms with Crippen molar-refractivity contribution in [3.8, 4) is 0 Å². The Morgan fingerprint density at radius 1 is 1.04 bits per heavy atom. The number of benzene rings is 2. The molecule has 4 nitrogen and oxygen atoms in total. The predicted molar refractivity (Wildman–Crippen MR) is 88.3 cm³/mol. The molecule has 0 saturated carbocycles. The summed E-state index contributed by atoms with van der Waals surface area (Å²) in [6, 6.07) is 18.4. The number of rotatable bonds is 5. The second-order valence-electron chi connectivity index (χ2n) is 5.80. The van der Waals surface area contributed by atoms with Crippen molar-refractivity contribution in [3.63, 3.8) is 0 Å². The van der Waals surface area contributed by atoms with Gasteiger partial charge in [-0.15, -0.1) is 0 Å². The van der Waals surface area contributed by atoms with Crippen molar-refractivity contribution < 1.29 is 14.6 Å². The van der Waals surface area contributed by atoms with E-state index >= 15 is 0 Å². The number of nitrogens with one attached hydrogen (secondary N) is 1. The molecule has 0 spiro atoms. The Balaban J connectivity index is 2.08. The lowest BCUT2D eigenvalue weighted by atomic mass is 9.85. The Hall–Kier alpha value is -2.17. The molecule has 1 unspecified atom stereocenters. The third-order valence-corrected chi connectivity index (χ3v) is 4.26. The molecule has 4 heteroatoms. The van der Waals surface area contributed by atoms with E-state index in [2.05, 4.69) is 5.32 Å². The van der Waals surface area contributed by atoms with Crippen molar-refractivity contribution in [3.05, 3.63) is 71.8 Å². The molecule has 1 saturated heterocycles. The first-order chi connectivity index (χ1) is 11.2. The molecule has 0 radical (unpaired) electrons. The lowest BCUT2D eigenvalue weighted by Crippen LogP contribution is -2.47. The summed E-state index contributed by atoms with van der Waals surface area (Å²) in [5.74, 6) is -0.986. The van der Waals surface area contributed by atoms with E-state index < -0.39 is 11.6 Å². The van der Waals surface area contributed by atoms with Gasteiger partial charge in [0.2, 0.25) is 5.60 Å². The van der Waals surface area contributed by atoms with E-state index in [-0.39, 0.29) is 6.10 Å². The van der Waals surface area contributed by atoms with Crippen LogP contribution < -0.4 is 5.32 Å². The molecule has 1 atom stereocenters. The van der Waals surface area contributed by atoms with Gasteiger partial charge in [0.05, 0.1) is 6.10 Å². The minimum atomic E-state index is -1.48. The second-order valence-corrected chi connectivity index (χ2v) is 5.80. The van der Waals surface area contributed by atoms with Crippen molar-refractivity contribution in [1.82, 2.24) is 5.32 Å². The van der Waals surface area contributed by atoms with Gasteiger partial charge < -0.3 is 15.2 Å². The first-order valence-corrected chi connectivity index (χ1v) is 7.96. The normalized spacial score (nSPS) is 18.5. The number of carbonyl (C=O) groups is 1. The highest BCUT2D eigenvalue weighted by atomic mass is 16.5. The van der Waals surface area contributed by atoms with Gasteiger partial charge in [0.1, 0.15) is 0 Å². The molecule has 0 bridgehead atoms. The highest BCUT2D eigenvalue weighted by Crippen LogP contribution is 2.36. The Morgan fingerprint density at radius 2 is 1.61 bits per heavy atom. The number of carboxylic acids is 1. The molecule has 2 aromatic carbocycles. The number of ether oxygens (including phenoxy) is 1. The average Bonchev–Trinajstić information content (AvgIpc) is 2.62. The molecule has 1 heterocycles. The first-order valence-electron chi connectivity index (χ1n) is 7.96. The summed E-state index contributed by atoms with van der Waals surface area (Å²) in [4.78, 5) is 12.4. The van der Waals surface area contributed by atoms with Crippen LogP contribution in [0.3, 0.4) is 0 Å². The molecular formula is C19H21NO3. The number of carboxylic acid groups (broad SMARTS) is 1. The van der Waals surface area contributed by atoms with Gasteiger partial charge in [-0.05, 0) is 30.5 Å². The fourth-order valence-corrected chi connectivity index (χ4v) is 3.12. The molecule has 2 aromatic rings. The largest absolute Gasteiger partial charge is 0.479 e. The predicted octanol–water partition coefficient (Wildman–Crippen LogP) is 2.78. The van der Waals surface area contributed by atoms with Crippen LogP contribution in [0.2, 0.25) is 0 Å². The molecule has 120 valence electrons. The minimum absolute atomic E-state index is 0.125. The second kappa shape index (κ2) is 6.94. The van der Waals surface area contributed by atoms with Crippen molar-refractivity contribution in [2.45, 2.75) is 24.5 Å². The summed E-state index contributed by atoms with van der Waals surface area (Å²) < 4.78 is 6.25. The number of aliphatic carboxylic acids is 1. The van der Waals surface area contributed by atoms with Crippen LogP contribution in [0.4, 0.5) is 0 Å². The fourth-order valence-electron chi connectivity index (χ4n) is 3.12. The quantitative estimate of drug-likeness (QED) is 0.891. The van der Waals surface area contributed by atoms with Gasteiger partial charge in [-0.3, -0.25) is 0 Å². The van der Waals surface area contributed by atoms with Crippen LogP contribution in [0.1, 0.15) is 24.0 Å². The molecule has 1 aliphatic rings. The summed E-state index contributed by atoms with van der Waals surface area (Å²) in [6.07, 6.45) is 1.73.